The molecule has 120 valence electrons. The second-order valence-corrected chi connectivity index (χ2v) is 8.20. The number of sulfonamides is 1. The number of aromatic nitrogens is 2. The third-order valence-corrected chi connectivity index (χ3v) is 6.77. The third kappa shape index (κ3) is 2.76. The van der Waals surface area contributed by atoms with Gasteiger partial charge in [0.25, 0.3) is 0 Å². The van der Waals surface area contributed by atoms with Crippen molar-refractivity contribution in [3.05, 3.63) is 23.8 Å². The number of fused-ring (bicyclic) bond motifs is 1. The highest BCUT2D eigenvalue weighted by Gasteiger charge is 2.41. The van der Waals surface area contributed by atoms with Crippen molar-refractivity contribution in [1.82, 2.24) is 13.1 Å². The van der Waals surface area contributed by atoms with Gasteiger partial charge in [-0.3, -0.25) is 0 Å². The lowest BCUT2D eigenvalue weighted by Crippen LogP contribution is -2.57. The Morgan fingerprint density at radius 1 is 1.41 bits per heavy atom. The molecule has 8 heteroatoms. The van der Waals surface area contributed by atoms with E-state index in [0.717, 1.165) is 17.2 Å². The first-order chi connectivity index (χ1) is 10.5. The smallest absolute Gasteiger partial charge is 0.219 e. The van der Waals surface area contributed by atoms with Gasteiger partial charge in [-0.2, -0.15) is 13.1 Å². The van der Waals surface area contributed by atoms with Crippen molar-refractivity contribution >= 4 is 32.8 Å². The van der Waals surface area contributed by atoms with Crippen LogP contribution in [0.2, 0.25) is 0 Å². The monoisotopic (exact) mass is 341 g/mol. The number of ether oxygens (including phenoxy) is 1. The molecule has 1 aromatic heterocycles. The molecule has 1 unspecified atom stereocenters. The van der Waals surface area contributed by atoms with Gasteiger partial charge in [0, 0.05) is 6.54 Å². The maximum Gasteiger partial charge on any atom is 0.219 e. The Bertz CT molecular complexity index is 774. The van der Waals surface area contributed by atoms with Crippen molar-refractivity contribution in [1.29, 1.82) is 0 Å². The fraction of sp³-hybridized carbons (Fsp3) is 0.571. The molecule has 1 atom stereocenters. The topological polar surface area (TPSA) is 72.4 Å². The molecule has 0 bridgehead atoms. The highest BCUT2D eigenvalue weighted by Crippen LogP contribution is 2.29. The molecule has 0 amide bonds. The average Bonchev–Trinajstić information content (AvgIpc) is 2.97. The Balaban J connectivity index is 1.94. The fourth-order valence-corrected chi connectivity index (χ4v) is 5.34. The molecule has 2 aromatic rings. The second-order valence-electron chi connectivity index (χ2n) is 5.78. The minimum Gasteiger partial charge on any atom is -0.378 e. The first-order valence-electron chi connectivity index (χ1n) is 7.25. The van der Waals surface area contributed by atoms with Gasteiger partial charge in [0.05, 0.1) is 36.2 Å². The van der Waals surface area contributed by atoms with Gasteiger partial charge in [0.2, 0.25) is 10.0 Å². The molecule has 0 radical (unpaired) electrons. The number of rotatable bonds is 4. The van der Waals surface area contributed by atoms with Crippen LogP contribution in [0.5, 0.6) is 0 Å². The zero-order chi connectivity index (χ0) is 15.8. The minimum absolute atomic E-state index is 0.0503. The number of benzene rings is 1. The van der Waals surface area contributed by atoms with Gasteiger partial charge < -0.3 is 4.74 Å². The molecule has 0 saturated carbocycles. The van der Waals surface area contributed by atoms with Crippen molar-refractivity contribution in [3.8, 4) is 0 Å². The summed E-state index contributed by atoms with van der Waals surface area (Å²) in [6.07, 6.45) is 0.717. The van der Waals surface area contributed by atoms with Gasteiger partial charge in [-0.25, -0.2) is 8.42 Å². The first-order valence-corrected chi connectivity index (χ1v) is 9.59. The molecule has 1 saturated heterocycles. The molecule has 0 aliphatic carbocycles. The van der Waals surface area contributed by atoms with Gasteiger partial charge in [0.15, 0.2) is 0 Å². The van der Waals surface area contributed by atoms with Gasteiger partial charge in [-0.1, -0.05) is 19.1 Å². The van der Waals surface area contributed by atoms with Gasteiger partial charge in [0.1, 0.15) is 11.0 Å². The largest absolute Gasteiger partial charge is 0.378 e. The maximum atomic E-state index is 12.9. The molecule has 1 fully saturated rings. The number of morpholine rings is 1. The summed E-state index contributed by atoms with van der Waals surface area (Å²) in [4.78, 5) is 0. The van der Waals surface area contributed by atoms with E-state index in [1.807, 2.05) is 32.0 Å². The number of nitrogens with zero attached hydrogens (tertiary/aromatic N) is 3. The molecule has 1 aromatic carbocycles. The molecule has 6 nitrogen and oxygen atoms in total. The van der Waals surface area contributed by atoms with E-state index in [4.69, 9.17) is 4.74 Å². The van der Waals surface area contributed by atoms with Crippen molar-refractivity contribution < 1.29 is 13.2 Å². The predicted octanol–water partition coefficient (Wildman–Crippen LogP) is 2.02. The van der Waals surface area contributed by atoms with E-state index >= 15 is 0 Å². The zero-order valence-corrected chi connectivity index (χ0v) is 14.3. The minimum atomic E-state index is -3.44. The molecular formula is C14H19N3O3S2. The molecule has 2 heterocycles. The van der Waals surface area contributed by atoms with Crippen LogP contribution in [-0.2, 0) is 20.5 Å². The van der Waals surface area contributed by atoms with Crippen molar-refractivity contribution in [2.75, 3.05) is 19.8 Å². The van der Waals surface area contributed by atoms with Crippen LogP contribution in [0.15, 0.2) is 18.2 Å². The molecule has 1 aliphatic heterocycles. The summed E-state index contributed by atoms with van der Waals surface area (Å²) < 4.78 is 41.3. The van der Waals surface area contributed by atoms with Gasteiger partial charge >= 0.3 is 0 Å². The van der Waals surface area contributed by atoms with Gasteiger partial charge in [-0.15, -0.1) is 0 Å². The second kappa shape index (κ2) is 5.84. The Labute approximate surface area is 134 Å². The van der Waals surface area contributed by atoms with E-state index in [-0.39, 0.29) is 5.75 Å². The Hall–Kier alpha value is -1.09. The van der Waals surface area contributed by atoms with Crippen LogP contribution < -0.4 is 0 Å². The van der Waals surface area contributed by atoms with E-state index in [1.54, 1.807) is 4.31 Å². The zero-order valence-electron chi connectivity index (χ0n) is 12.7. The van der Waals surface area contributed by atoms with Crippen molar-refractivity contribution in [3.63, 3.8) is 0 Å². The van der Waals surface area contributed by atoms with E-state index < -0.39 is 15.6 Å². The highest BCUT2D eigenvalue weighted by molar-refractivity contribution is 7.88. The normalized spacial score (nSPS) is 23.9. The molecule has 1 aliphatic rings. The van der Waals surface area contributed by atoms with Crippen molar-refractivity contribution in [2.45, 2.75) is 31.6 Å². The molecule has 0 spiro atoms. The van der Waals surface area contributed by atoms with Crippen molar-refractivity contribution in [2.24, 2.45) is 0 Å². The van der Waals surface area contributed by atoms with Crippen LogP contribution in [0.4, 0.5) is 0 Å². The van der Waals surface area contributed by atoms with E-state index in [2.05, 4.69) is 8.75 Å². The summed E-state index contributed by atoms with van der Waals surface area (Å²) in [7, 11) is -3.44. The number of hydrogen-bond acceptors (Lipinski definition) is 6. The molecular weight excluding hydrogens is 322 g/mol. The maximum absolute atomic E-state index is 12.9. The SMILES string of the molecule is CCC1(C)COCCN1S(=O)(=O)Cc1cccc2nsnc12. The summed E-state index contributed by atoms with van der Waals surface area (Å²) in [5, 5.41) is 0. The van der Waals surface area contributed by atoms with Gasteiger partial charge in [-0.05, 0) is 25.0 Å². The van der Waals surface area contributed by atoms with Crippen LogP contribution >= 0.6 is 11.7 Å². The highest BCUT2D eigenvalue weighted by atomic mass is 32.2. The summed E-state index contributed by atoms with van der Waals surface area (Å²) >= 11 is 1.10. The van der Waals surface area contributed by atoms with Crippen LogP contribution in [0, 0.1) is 0 Å². The summed E-state index contributed by atoms with van der Waals surface area (Å²) in [5.74, 6) is -0.0503. The third-order valence-electron chi connectivity index (χ3n) is 4.26. The molecule has 3 rings (SSSR count). The summed E-state index contributed by atoms with van der Waals surface area (Å²) in [6, 6.07) is 5.48. The summed E-state index contributed by atoms with van der Waals surface area (Å²) in [6.45, 7) is 5.21. The lowest BCUT2D eigenvalue weighted by atomic mass is 9.99. The van der Waals surface area contributed by atoms with Crippen LogP contribution in [-0.4, -0.2) is 46.8 Å². The predicted molar refractivity (Wildman–Crippen MR) is 86.3 cm³/mol. The standard InChI is InChI=1S/C14H19N3O3S2/c1-3-14(2)10-20-8-7-17(14)22(18,19)9-11-5-4-6-12-13(11)16-21-15-12/h4-6H,3,7-10H2,1-2H3. The quantitative estimate of drug-likeness (QED) is 0.851. The van der Waals surface area contributed by atoms with Crippen LogP contribution in [0.25, 0.3) is 11.0 Å². The fourth-order valence-electron chi connectivity index (χ4n) is 2.79. The Kier molecular flexibility index (Phi) is 4.19. The Morgan fingerprint density at radius 2 is 2.23 bits per heavy atom. The lowest BCUT2D eigenvalue weighted by Gasteiger charge is -2.42. The van der Waals surface area contributed by atoms with E-state index in [0.29, 0.717) is 37.3 Å². The Morgan fingerprint density at radius 3 is 3.00 bits per heavy atom. The van der Waals surface area contributed by atoms with Crippen LogP contribution in [0.1, 0.15) is 25.8 Å². The average molecular weight is 341 g/mol. The summed E-state index contributed by atoms with van der Waals surface area (Å²) in [5.41, 5.74) is 1.65. The van der Waals surface area contributed by atoms with E-state index in [9.17, 15) is 8.42 Å². The molecule has 0 N–H and O–H groups in total. The molecule has 22 heavy (non-hydrogen) atoms. The lowest BCUT2D eigenvalue weighted by molar-refractivity contribution is -0.0186. The van der Waals surface area contributed by atoms with E-state index in [1.165, 1.54) is 0 Å². The first kappa shape index (κ1) is 15.8. The number of hydrogen-bond donors (Lipinski definition) is 0. The van der Waals surface area contributed by atoms with Crippen LogP contribution in [0.3, 0.4) is 0 Å².